The fourth-order valence-electron chi connectivity index (χ4n) is 4.35. The summed E-state index contributed by atoms with van der Waals surface area (Å²) in [5.41, 5.74) is -1.34. The molecule has 0 spiro atoms. The van der Waals surface area contributed by atoms with Crippen molar-refractivity contribution >= 4 is 15.7 Å². The molecule has 182 valence electrons. The second kappa shape index (κ2) is 9.42. The summed E-state index contributed by atoms with van der Waals surface area (Å²) in [6.07, 6.45) is 4.61. The van der Waals surface area contributed by atoms with Crippen LogP contribution in [0.15, 0.2) is 61.1 Å². The summed E-state index contributed by atoms with van der Waals surface area (Å²) in [6, 6.07) is 14.6. The molecule has 2 aromatic carbocycles. The monoisotopic (exact) mass is 492 g/mol. The highest BCUT2D eigenvalue weighted by Crippen LogP contribution is 2.36. The van der Waals surface area contributed by atoms with Gasteiger partial charge in [0.1, 0.15) is 0 Å². The van der Waals surface area contributed by atoms with Crippen molar-refractivity contribution in [3.05, 3.63) is 83.4 Å². The molecular weight excluding hydrogens is 465 g/mol. The van der Waals surface area contributed by atoms with Crippen molar-refractivity contribution in [1.82, 2.24) is 13.9 Å². The summed E-state index contributed by atoms with van der Waals surface area (Å²) in [5, 5.41) is 0. The Morgan fingerprint density at radius 3 is 2.50 bits per heavy atom. The van der Waals surface area contributed by atoms with E-state index in [9.17, 15) is 21.6 Å². The van der Waals surface area contributed by atoms with Gasteiger partial charge in [-0.1, -0.05) is 42.5 Å². The number of rotatable bonds is 6. The van der Waals surface area contributed by atoms with Crippen LogP contribution < -0.4 is 4.90 Å². The topological polar surface area (TPSA) is 58.4 Å². The zero-order valence-electron chi connectivity index (χ0n) is 19.0. The quantitative estimate of drug-likeness (QED) is 0.512. The molecule has 0 bridgehead atoms. The molecule has 4 rings (SSSR count). The van der Waals surface area contributed by atoms with Crippen LogP contribution in [0.5, 0.6) is 0 Å². The van der Waals surface area contributed by atoms with Crippen molar-refractivity contribution in [2.45, 2.75) is 44.4 Å². The maximum atomic E-state index is 13.6. The van der Waals surface area contributed by atoms with E-state index >= 15 is 0 Å². The van der Waals surface area contributed by atoms with Gasteiger partial charge < -0.3 is 9.47 Å². The molecule has 0 saturated heterocycles. The van der Waals surface area contributed by atoms with Gasteiger partial charge in [-0.3, -0.25) is 0 Å². The number of benzene rings is 2. The summed E-state index contributed by atoms with van der Waals surface area (Å²) in [5.74, 6) is 0. The molecule has 0 N–H and O–H groups in total. The minimum atomic E-state index is -5.50. The van der Waals surface area contributed by atoms with Crippen LogP contribution in [0.1, 0.15) is 28.8 Å². The lowest BCUT2D eigenvalue weighted by atomic mass is 10.0. The van der Waals surface area contributed by atoms with Gasteiger partial charge in [-0.2, -0.15) is 17.5 Å². The number of imidazole rings is 1. The van der Waals surface area contributed by atoms with E-state index in [0.29, 0.717) is 29.3 Å². The predicted octanol–water partition coefficient (Wildman–Crippen LogP) is 4.40. The Bertz CT molecular complexity index is 1240. The van der Waals surface area contributed by atoms with Crippen LogP contribution in [0.2, 0.25) is 0 Å². The van der Waals surface area contributed by atoms with E-state index in [1.807, 2.05) is 66.0 Å². The standard InChI is InChI=1S/C24H27F3N4O2S/c1-18-8-10-20-13-30(34(32,33)24(25,26)27)16-22(11-9-19-6-4-3-5-7-19)31(23(20)12-18)15-21-14-29(2)17-28-21/h3-8,10,12,14,17,22H,9,11,13,15-16H2,1-2H3. The summed E-state index contributed by atoms with van der Waals surface area (Å²) < 4.78 is 68.0. The summed E-state index contributed by atoms with van der Waals surface area (Å²) in [6.45, 7) is 1.66. The Morgan fingerprint density at radius 1 is 1.12 bits per heavy atom. The van der Waals surface area contributed by atoms with Gasteiger partial charge in [-0.05, 0) is 42.5 Å². The largest absolute Gasteiger partial charge is 0.511 e. The van der Waals surface area contributed by atoms with E-state index in [2.05, 4.69) is 4.98 Å². The van der Waals surface area contributed by atoms with E-state index < -0.39 is 21.6 Å². The fourth-order valence-corrected chi connectivity index (χ4v) is 5.32. The molecule has 1 aromatic heterocycles. The van der Waals surface area contributed by atoms with Crippen molar-refractivity contribution in [3.63, 3.8) is 0 Å². The first kappa shape index (κ1) is 24.3. The van der Waals surface area contributed by atoms with Crippen LogP contribution in [0.4, 0.5) is 18.9 Å². The van der Waals surface area contributed by atoms with E-state index in [0.717, 1.165) is 22.5 Å². The van der Waals surface area contributed by atoms with Crippen LogP contribution in [0, 0.1) is 6.92 Å². The molecule has 6 nitrogen and oxygen atoms in total. The van der Waals surface area contributed by atoms with Crippen LogP contribution in [-0.4, -0.2) is 40.4 Å². The number of hydrogen-bond acceptors (Lipinski definition) is 4. The zero-order valence-corrected chi connectivity index (χ0v) is 19.9. The summed E-state index contributed by atoms with van der Waals surface area (Å²) in [7, 11) is -3.65. The fraction of sp³-hybridized carbons (Fsp3) is 0.375. The third-order valence-electron chi connectivity index (χ3n) is 6.08. The molecule has 0 fully saturated rings. The van der Waals surface area contributed by atoms with Gasteiger partial charge >= 0.3 is 15.5 Å². The van der Waals surface area contributed by atoms with Gasteiger partial charge in [0, 0.05) is 38.1 Å². The molecule has 1 atom stereocenters. The Balaban J connectivity index is 1.77. The van der Waals surface area contributed by atoms with Gasteiger partial charge in [0.25, 0.3) is 0 Å². The van der Waals surface area contributed by atoms with Crippen LogP contribution in [-0.2, 0) is 36.6 Å². The lowest BCUT2D eigenvalue weighted by molar-refractivity contribution is -0.0492. The highest BCUT2D eigenvalue weighted by Gasteiger charge is 2.51. The van der Waals surface area contributed by atoms with Crippen molar-refractivity contribution in [2.75, 3.05) is 11.4 Å². The van der Waals surface area contributed by atoms with Gasteiger partial charge in [0.2, 0.25) is 0 Å². The number of fused-ring (bicyclic) bond motifs is 1. The number of nitrogens with zero attached hydrogens (tertiary/aromatic N) is 4. The maximum Gasteiger partial charge on any atom is 0.511 e. The third kappa shape index (κ3) is 5.12. The van der Waals surface area contributed by atoms with Gasteiger partial charge in [0.15, 0.2) is 0 Å². The van der Waals surface area contributed by atoms with E-state index in [1.165, 1.54) is 0 Å². The second-order valence-electron chi connectivity index (χ2n) is 8.71. The van der Waals surface area contributed by atoms with Gasteiger partial charge in [-0.15, -0.1) is 0 Å². The minimum absolute atomic E-state index is 0.269. The van der Waals surface area contributed by atoms with E-state index in [1.54, 1.807) is 18.5 Å². The average molecular weight is 493 g/mol. The van der Waals surface area contributed by atoms with Crippen LogP contribution in [0.3, 0.4) is 0 Å². The Hall–Kier alpha value is -2.85. The van der Waals surface area contributed by atoms with E-state index in [4.69, 9.17) is 0 Å². The van der Waals surface area contributed by atoms with Crippen LogP contribution in [0.25, 0.3) is 0 Å². The summed E-state index contributed by atoms with van der Waals surface area (Å²) >= 11 is 0. The molecule has 10 heteroatoms. The lowest BCUT2D eigenvalue weighted by Crippen LogP contribution is -2.47. The molecule has 1 unspecified atom stereocenters. The molecular formula is C24H27F3N4O2S. The Labute approximate surface area is 197 Å². The van der Waals surface area contributed by atoms with Gasteiger partial charge in [0.05, 0.1) is 18.6 Å². The number of aromatic nitrogens is 2. The number of sulfonamides is 1. The number of alkyl halides is 3. The molecule has 3 aromatic rings. The second-order valence-corrected chi connectivity index (χ2v) is 10.6. The highest BCUT2D eigenvalue weighted by atomic mass is 32.2. The average Bonchev–Trinajstić information content (AvgIpc) is 3.12. The summed E-state index contributed by atoms with van der Waals surface area (Å²) in [4.78, 5) is 6.42. The molecule has 0 amide bonds. The number of halogens is 3. The first-order valence-corrected chi connectivity index (χ1v) is 12.4. The Kier molecular flexibility index (Phi) is 6.73. The minimum Gasteiger partial charge on any atom is -0.361 e. The molecule has 0 aliphatic carbocycles. The zero-order chi connectivity index (χ0) is 24.5. The van der Waals surface area contributed by atoms with Crippen molar-refractivity contribution in [2.24, 2.45) is 7.05 Å². The first-order chi connectivity index (χ1) is 16.0. The normalized spacial score (nSPS) is 17.4. The lowest BCUT2D eigenvalue weighted by Gasteiger charge is -2.34. The van der Waals surface area contributed by atoms with Crippen molar-refractivity contribution in [1.29, 1.82) is 0 Å². The first-order valence-electron chi connectivity index (χ1n) is 11.0. The molecule has 0 saturated carbocycles. The van der Waals surface area contributed by atoms with Crippen molar-refractivity contribution < 1.29 is 21.6 Å². The molecule has 0 radical (unpaired) electrons. The highest BCUT2D eigenvalue weighted by molar-refractivity contribution is 7.89. The molecule has 2 heterocycles. The predicted molar refractivity (Wildman–Crippen MR) is 125 cm³/mol. The number of anilines is 1. The van der Waals surface area contributed by atoms with E-state index in [-0.39, 0.29) is 13.1 Å². The SMILES string of the molecule is Cc1ccc2c(c1)N(Cc1cn(C)cn1)C(CCc1ccccc1)CN(S(=O)(=O)C(F)(F)F)C2. The Morgan fingerprint density at radius 2 is 1.85 bits per heavy atom. The number of hydrogen-bond donors (Lipinski definition) is 0. The van der Waals surface area contributed by atoms with Crippen molar-refractivity contribution in [3.8, 4) is 0 Å². The van der Waals surface area contributed by atoms with Crippen LogP contribution >= 0.6 is 0 Å². The smallest absolute Gasteiger partial charge is 0.361 e. The van der Waals surface area contributed by atoms with Gasteiger partial charge in [-0.25, -0.2) is 13.4 Å². The third-order valence-corrected chi connectivity index (χ3v) is 7.63. The number of aryl methyl sites for hydroxylation is 3. The molecule has 1 aliphatic rings. The maximum absolute atomic E-state index is 13.6. The molecule has 34 heavy (non-hydrogen) atoms. The molecule has 1 aliphatic heterocycles.